The van der Waals surface area contributed by atoms with Crippen LogP contribution in [-0.4, -0.2) is 11.4 Å². The topological polar surface area (TPSA) is 21.3 Å². The molecule has 0 spiro atoms. The third-order valence-corrected chi connectivity index (χ3v) is 18.6. The number of para-hydroxylation sites is 1. The van der Waals surface area contributed by atoms with Crippen molar-refractivity contribution in [2.24, 2.45) is 0 Å². The van der Waals surface area contributed by atoms with E-state index < -0.39 is 0 Å². The Morgan fingerprint density at radius 1 is 0.500 bits per heavy atom. The molecule has 0 atom stereocenters. The van der Waals surface area contributed by atoms with Gasteiger partial charge in [-0.15, -0.1) is 0 Å². The van der Waals surface area contributed by atoms with E-state index in [9.17, 15) is 0 Å². The minimum atomic E-state index is -0.191. The number of nitrogens with zero attached hydrogens (tertiary/aromatic N) is 2. The summed E-state index contributed by atoms with van der Waals surface area (Å²) in [6.07, 6.45) is 2.40. The van der Waals surface area contributed by atoms with Gasteiger partial charge < -0.3 is 13.8 Å². The molecule has 10 aromatic rings. The molecule has 0 radical (unpaired) electrons. The average Bonchev–Trinajstić information content (AvgIpc) is 4.02. The van der Waals surface area contributed by atoms with Crippen LogP contribution in [0.25, 0.3) is 82.8 Å². The molecule has 3 nitrogen and oxygen atoms in total. The van der Waals surface area contributed by atoms with Crippen molar-refractivity contribution in [1.29, 1.82) is 0 Å². The van der Waals surface area contributed by atoms with E-state index in [1.165, 1.54) is 135 Å². The molecule has 5 aliphatic rings. The van der Waals surface area contributed by atoms with Gasteiger partial charge in [-0.2, -0.15) is 0 Å². The first-order valence-corrected chi connectivity index (χ1v) is 25.8. The van der Waals surface area contributed by atoms with Crippen LogP contribution in [-0.2, 0) is 27.1 Å². The molecule has 70 heavy (non-hydrogen) atoms. The Morgan fingerprint density at radius 2 is 1.14 bits per heavy atom. The maximum Gasteiger partial charge on any atom is 0.333 e. The predicted octanol–water partition coefficient (Wildman–Crippen LogP) is 16.2. The molecule has 0 fully saturated rings. The van der Waals surface area contributed by atoms with E-state index in [1.54, 1.807) is 0 Å². The lowest BCUT2D eigenvalue weighted by Crippen LogP contribution is -2.60. The van der Waals surface area contributed by atoms with E-state index in [2.05, 4.69) is 219 Å². The molecular weight excluding hydrogens is 848 g/mol. The van der Waals surface area contributed by atoms with Crippen LogP contribution < -0.4 is 15.7 Å². The first-order chi connectivity index (χ1) is 33.3. The Labute approximate surface area is 412 Å². The second-order valence-electron chi connectivity index (χ2n) is 25.1. The lowest BCUT2D eigenvalue weighted by Gasteiger charge is -2.43. The normalized spacial score (nSPS) is 17.9. The molecule has 0 bridgehead atoms. The van der Waals surface area contributed by atoms with Crippen molar-refractivity contribution < 1.29 is 4.42 Å². The Balaban J connectivity index is 1.09. The van der Waals surface area contributed by atoms with Gasteiger partial charge in [-0.25, -0.2) is 0 Å². The molecule has 4 heterocycles. The van der Waals surface area contributed by atoms with Crippen LogP contribution in [0.3, 0.4) is 0 Å². The first kappa shape index (κ1) is 41.0. The maximum absolute atomic E-state index is 6.96. The summed E-state index contributed by atoms with van der Waals surface area (Å²) in [7, 11) is 0. The van der Waals surface area contributed by atoms with Gasteiger partial charge in [0.15, 0.2) is 0 Å². The van der Waals surface area contributed by atoms with Gasteiger partial charge in [-0.05, 0) is 161 Å². The van der Waals surface area contributed by atoms with Crippen LogP contribution in [0.1, 0.15) is 128 Å². The first-order valence-electron chi connectivity index (χ1n) is 25.8. The van der Waals surface area contributed by atoms with Gasteiger partial charge in [0, 0.05) is 49.6 Å². The Morgan fingerprint density at radius 3 is 1.91 bits per heavy atom. The van der Waals surface area contributed by atoms with Gasteiger partial charge in [-0.3, -0.25) is 0 Å². The molecule has 2 aromatic heterocycles. The van der Waals surface area contributed by atoms with Gasteiger partial charge in [0.1, 0.15) is 11.2 Å². The third kappa shape index (κ3) is 4.93. The highest BCUT2D eigenvalue weighted by atomic mass is 16.3. The molecule has 8 aromatic carbocycles. The molecule has 0 unspecified atom stereocenters. The number of benzene rings is 8. The van der Waals surface area contributed by atoms with Gasteiger partial charge in [0.2, 0.25) is 0 Å². The molecule has 0 amide bonds. The SMILES string of the molecule is CC(C)(C)c1ccc(N2B3c4cc5c(cc4-n4c6ccc7c8ccccc8oc7c6c6ccc(c3c64)-c3cc4c(cc32)C(C)(C)c2cc3c(cc2-4)C(C)(C)CCC3(C)C)-c2ccccc2C5(C)C)cc1. The summed E-state index contributed by atoms with van der Waals surface area (Å²) in [5, 5.41) is 4.75. The number of hydrogen-bond acceptors (Lipinski definition) is 2. The highest BCUT2D eigenvalue weighted by Gasteiger charge is 2.49. The minimum absolute atomic E-state index is 0.0253. The molecule has 15 rings (SSSR count). The van der Waals surface area contributed by atoms with E-state index in [-0.39, 0.29) is 33.9 Å². The lowest BCUT2D eigenvalue weighted by atomic mass is 9.43. The Hall–Kier alpha value is -6.78. The standard InChI is InChI=1S/C66H59BN2O/c1-62(2,3)36-20-22-37(23-21-36)69-55-35-50-43(44-31-51-52(33-48(44)66(50,10)11)64(6,7)29-28-63(51,4)5)30-46(55)40-24-25-42-58-54(27-26-41-39-17-13-15-19-57(39)70-61(41)58)68-56-32-45-38-16-12-14-18-47(38)65(8,9)49(45)34-53(56)67(69)59(40)60(42)68/h12-27,30-35H,28-29H2,1-11H3. The van der Waals surface area contributed by atoms with Crippen LogP contribution in [0.5, 0.6) is 0 Å². The molecule has 4 heteroatoms. The van der Waals surface area contributed by atoms with Crippen molar-refractivity contribution in [3.05, 3.63) is 172 Å². The third-order valence-electron chi connectivity index (χ3n) is 18.6. The van der Waals surface area contributed by atoms with Crippen molar-refractivity contribution >= 4 is 72.9 Å². The highest BCUT2D eigenvalue weighted by molar-refractivity contribution is 6.93. The zero-order chi connectivity index (χ0) is 47.9. The van der Waals surface area contributed by atoms with E-state index in [4.69, 9.17) is 4.42 Å². The van der Waals surface area contributed by atoms with Crippen LogP contribution in [0.15, 0.2) is 138 Å². The maximum atomic E-state index is 6.96. The van der Waals surface area contributed by atoms with Gasteiger partial charge in [0.25, 0.3) is 0 Å². The number of rotatable bonds is 1. The molecule has 342 valence electrons. The summed E-state index contributed by atoms with van der Waals surface area (Å²) in [4.78, 5) is 2.75. The molecule has 0 N–H and O–H groups in total. The van der Waals surface area contributed by atoms with E-state index in [0.29, 0.717) is 0 Å². The summed E-state index contributed by atoms with van der Waals surface area (Å²) in [5.41, 5.74) is 28.9. The number of anilines is 2. The zero-order valence-corrected chi connectivity index (χ0v) is 42.5. The molecule has 3 aliphatic carbocycles. The van der Waals surface area contributed by atoms with Crippen LogP contribution >= 0.6 is 0 Å². The van der Waals surface area contributed by atoms with E-state index in [0.717, 1.165) is 21.9 Å². The number of hydrogen-bond donors (Lipinski definition) is 0. The van der Waals surface area contributed by atoms with Gasteiger partial charge >= 0.3 is 6.85 Å². The second kappa shape index (κ2) is 12.8. The minimum Gasteiger partial charge on any atom is -0.455 e. The van der Waals surface area contributed by atoms with E-state index >= 15 is 0 Å². The number of fused-ring (bicyclic) bond motifs is 19. The summed E-state index contributed by atoms with van der Waals surface area (Å²) in [5.74, 6) is 0. The number of aromatic nitrogens is 1. The van der Waals surface area contributed by atoms with Gasteiger partial charge in [-0.1, -0.05) is 155 Å². The number of furan rings is 1. The van der Waals surface area contributed by atoms with Crippen LogP contribution in [0, 0.1) is 0 Å². The highest BCUT2D eigenvalue weighted by Crippen LogP contribution is 2.58. The smallest absolute Gasteiger partial charge is 0.333 e. The van der Waals surface area contributed by atoms with Crippen LogP contribution in [0.2, 0.25) is 0 Å². The fourth-order valence-corrected chi connectivity index (χ4v) is 14.5. The summed E-state index contributed by atoms with van der Waals surface area (Å²) in [6.45, 7) is 26.6. The summed E-state index contributed by atoms with van der Waals surface area (Å²) in [6, 6.07) is 52.5. The molecule has 0 saturated heterocycles. The molecular formula is C66H59BN2O. The quantitative estimate of drug-likeness (QED) is 0.153. The summed E-state index contributed by atoms with van der Waals surface area (Å²) >= 11 is 0. The fourth-order valence-electron chi connectivity index (χ4n) is 14.5. The summed E-state index contributed by atoms with van der Waals surface area (Å²) < 4.78 is 9.59. The Bertz CT molecular complexity index is 4050. The molecule has 2 aliphatic heterocycles. The molecule has 0 saturated carbocycles. The van der Waals surface area contributed by atoms with Gasteiger partial charge in [0.05, 0.1) is 16.4 Å². The van der Waals surface area contributed by atoms with Crippen molar-refractivity contribution in [3.63, 3.8) is 0 Å². The second-order valence-corrected chi connectivity index (χ2v) is 25.1. The fraction of sp³-hybridized carbons (Fsp3) is 0.273. The van der Waals surface area contributed by atoms with E-state index in [1.807, 2.05) is 0 Å². The monoisotopic (exact) mass is 906 g/mol. The lowest BCUT2D eigenvalue weighted by molar-refractivity contribution is 0.331. The van der Waals surface area contributed by atoms with Crippen LogP contribution in [0.4, 0.5) is 11.4 Å². The Kier molecular flexibility index (Phi) is 7.48. The van der Waals surface area contributed by atoms with Crippen molar-refractivity contribution in [2.75, 3.05) is 4.81 Å². The zero-order valence-electron chi connectivity index (χ0n) is 42.5. The van der Waals surface area contributed by atoms with Crippen molar-refractivity contribution in [3.8, 4) is 39.1 Å². The van der Waals surface area contributed by atoms with Crippen molar-refractivity contribution in [2.45, 2.75) is 116 Å². The predicted molar refractivity (Wildman–Crippen MR) is 296 cm³/mol. The average molecular weight is 907 g/mol. The van der Waals surface area contributed by atoms with Crippen molar-refractivity contribution in [1.82, 2.24) is 4.57 Å². The largest absolute Gasteiger partial charge is 0.455 e.